The topological polar surface area (TPSA) is 89.9 Å². The largest absolute Gasteiger partial charge is 0.454 e. The number of hydrogen-bond donors (Lipinski definition) is 1. The van der Waals surface area contributed by atoms with Gasteiger partial charge >= 0.3 is 5.43 Å². The Hall–Kier alpha value is -1.60. The van der Waals surface area contributed by atoms with Crippen molar-refractivity contribution in [2.45, 2.75) is 25.8 Å². The molecule has 1 N–H and O–H groups in total. The summed E-state index contributed by atoms with van der Waals surface area (Å²) in [5, 5.41) is 0. The van der Waals surface area contributed by atoms with Crippen LogP contribution in [0.4, 0.5) is 4.79 Å². The number of unbranched alkanes of at least 4 members (excludes halogenated alkanes) is 2. The fourth-order valence-electron chi connectivity index (χ4n) is 1.77. The second kappa shape index (κ2) is 7.86. The van der Waals surface area contributed by atoms with Crippen LogP contribution in [0.25, 0.3) is 11.2 Å². The summed E-state index contributed by atoms with van der Waals surface area (Å²) in [5.41, 5.74) is -0.0868. The van der Waals surface area contributed by atoms with Gasteiger partial charge in [0.1, 0.15) is 0 Å². The number of nitrogens with zero attached hydrogens (tertiary/aromatic N) is 3. The van der Waals surface area contributed by atoms with Gasteiger partial charge in [0.25, 0.3) is 5.56 Å². The molecule has 110 valence electrons. The minimum atomic E-state index is -0.774. The van der Waals surface area contributed by atoms with E-state index in [1.165, 1.54) is 6.33 Å². The Labute approximate surface area is 125 Å². The Morgan fingerprint density at radius 2 is 2.15 bits per heavy atom. The van der Waals surface area contributed by atoms with Crippen molar-refractivity contribution in [1.29, 1.82) is 0 Å². The lowest BCUT2D eigenvalue weighted by Gasteiger charge is -2.03. The van der Waals surface area contributed by atoms with E-state index in [0.29, 0.717) is 24.3 Å². The van der Waals surface area contributed by atoms with Gasteiger partial charge in [0.15, 0.2) is 11.2 Å². The van der Waals surface area contributed by atoms with Crippen LogP contribution in [-0.4, -0.2) is 31.6 Å². The van der Waals surface area contributed by atoms with E-state index in [4.69, 9.17) is 11.6 Å². The lowest BCUT2D eigenvalue weighted by atomic mass is 10.2. The SMILES string of the molecule is Cl.O=C(Cl)OCCCCCn1cnc2c(=O)[nH]cnc21. The van der Waals surface area contributed by atoms with Gasteiger partial charge in [0.05, 0.1) is 19.3 Å². The maximum Gasteiger partial charge on any atom is 0.403 e. The van der Waals surface area contributed by atoms with Gasteiger partial charge in [0.2, 0.25) is 0 Å². The number of carbonyl (C=O) groups excluding carboxylic acids is 1. The number of halogens is 2. The zero-order chi connectivity index (χ0) is 13.7. The van der Waals surface area contributed by atoms with Crippen molar-refractivity contribution in [2.24, 2.45) is 0 Å². The number of aryl methyl sites for hydroxylation is 1. The van der Waals surface area contributed by atoms with E-state index in [1.807, 2.05) is 4.57 Å². The standard InChI is InChI=1S/C11H13ClN4O3.ClH/c12-11(18)19-5-3-1-2-4-16-7-15-8-9(16)13-6-14-10(8)17;/h6-7H,1-5H2,(H,13,14,17);1H. The van der Waals surface area contributed by atoms with E-state index >= 15 is 0 Å². The minimum Gasteiger partial charge on any atom is -0.454 e. The summed E-state index contributed by atoms with van der Waals surface area (Å²) in [5.74, 6) is 0. The predicted molar refractivity (Wildman–Crippen MR) is 76.4 cm³/mol. The fraction of sp³-hybridized carbons (Fsp3) is 0.455. The van der Waals surface area contributed by atoms with Crippen molar-refractivity contribution in [3.05, 3.63) is 23.0 Å². The molecule has 9 heteroatoms. The summed E-state index contributed by atoms with van der Waals surface area (Å²) in [6.07, 6.45) is 5.47. The molecule has 0 aliphatic heterocycles. The molecule has 0 fully saturated rings. The highest BCUT2D eigenvalue weighted by atomic mass is 35.5. The molecule has 0 amide bonds. The molecule has 0 aliphatic carbocycles. The van der Waals surface area contributed by atoms with Gasteiger partial charge in [-0.05, 0) is 19.3 Å². The summed E-state index contributed by atoms with van der Waals surface area (Å²) in [6, 6.07) is 0. The van der Waals surface area contributed by atoms with Gasteiger partial charge in [-0.15, -0.1) is 12.4 Å². The molecule has 0 spiro atoms. The van der Waals surface area contributed by atoms with Gasteiger partial charge in [-0.25, -0.2) is 14.8 Å². The third-order valence-corrected chi connectivity index (χ3v) is 2.78. The molecular weight excluding hydrogens is 307 g/mol. The van der Waals surface area contributed by atoms with Gasteiger partial charge in [0, 0.05) is 18.1 Å². The molecule has 2 rings (SSSR count). The van der Waals surface area contributed by atoms with Crippen molar-refractivity contribution in [3.8, 4) is 0 Å². The van der Waals surface area contributed by atoms with E-state index < -0.39 is 5.43 Å². The first-order valence-electron chi connectivity index (χ1n) is 5.89. The van der Waals surface area contributed by atoms with Crippen molar-refractivity contribution in [1.82, 2.24) is 19.5 Å². The quantitative estimate of drug-likeness (QED) is 0.650. The van der Waals surface area contributed by atoms with E-state index in [9.17, 15) is 9.59 Å². The van der Waals surface area contributed by atoms with Crippen molar-refractivity contribution in [3.63, 3.8) is 0 Å². The van der Waals surface area contributed by atoms with E-state index in [-0.39, 0.29) is 18.0 Å². The Kier molecular flexibility index (Phi) is 6.47. The zero-order valence-corrected chi connectivity index (χ0v) is 12.1. The number of hydrogen-bond acceptors (Lipinski definition) is 5. The average molecular weight is 321 g/mol. The number of aromatic amines is 1. The number of ether oxygens (including phenoxy) is 1. The maximum atomic E-state index is 11.4. The number of aromatic nitrogens is 4. The molecule has 0 unspecified atom stereocenters. The molecular formula is C11H14Cl2N4O3. The lowest BCUT2D eigenvalue weighted by Crippen LogP contribution is -2.07. The van der Waals surface area contributed by atoms with Crippen LogP contribution in [0.2, 0.25) is 0 Å². The van der Waals surface area contributed by atoms with Gasteiger partial charge in [-0.1, -0.05) is 0 Å². The molecule has 0 aliphatic rings. The number of H-pyrrole nitrogens is 1. The van der Waals surface area contributed by atoms with E-state index in [0.717, 1.165) is 19.3 Å². The molecule has 7 nitrogen and oxygen atoms in total. The Bertz CT molecular complexity index is 625. The number of carbonyl (C=O) groups is 1. The minimum absolute atomic E-state index is 0. The molecule has 2 aromatic rings. The molecule has 0 saturated carbocycles. The zero-order valence-electron chi connectivity index (χ0n) is 10.5. The third-order valence-electron chi connectivity index (χ3n) is 2.67. The lowest BCUT2D eigenvalue weighted by molar-refractivity contribution is 0.170. The van der Waals surface area contributed by atoms with E-state index in [2.05, 4.69) is 19.7 Å². The van der Waals surface area contributed by atoms with Crippen LogP contribution in [0, 0.1) is 0 Å². The first kappa shape index (κ1) is 16.5. The van der Waals surface area contributed by atoms with Gasteiger partial charge in [-0.2, -0.15) is 0 Å². The number of nitrogens with one attached hydrogen (secondary N) is 1. The van der Waals surface area contributed by atoms with E-state index in [1.54, 1.807) is 6.33 Å². The summed E-state index contributed by atoms with van der Waals surface area (Å²) in [6.45, 7) is 1.03. The molecule has 2 heterocycles. The molecule has 0 radical (unpaired) electrons. The van der Waals surface area contributed by atoms with Crippen LogP contribution in [0.15, 0.2) is 17.4 Å². The van der Waals surface area contributed by atoms with Crippen LogP contribution in [0.3, 0.4) is 0 Å². The second-order valence-corrected chi connectivity index (χ2v) is 4.30. The average Bonchev–Trinajstić information content (AvgIpc) is 2.78. The number of rotatable bonds is 6. The molecule has 2 aromatic heterocycles. The number of imidazole rings is 1. The van der Waals surface area contributed by atoms with Crippen molar-refractivity contribution in [2.75, 3.05) is 6.61 Å². The summed E-state index contributed by atoms with van der Waals surface area (Å²) >= 11 is 5.04. The Morgan fingerprint density at radius 1 is 1.35 bits per heavy atom. The Morgan fingerprint density at radius 3 is 2.90 bits per heavy atom. The first-order valence-corrected chi connectivity index (χ1v) is 6.27. The number of fused-ring (bicyclic) bond motifs is 1. The summed E-state index contributed by atoms with van der Waals surface area (Å²) in [4.78, 5) is 32.4. The van der Waals surface area contributed by atoms with Crippen LogP contribution < -0.4 is 5.56 Å². The third kappa shape index (κ3) is 4.21. The van der Waals surface area contributed by atoms with Crippen molar-refractivity contribution >= 4 is 40.6 Å². The van der Waals surface area contributed by atoms with Crippen LogP contribution in [-0.2, 0) is 11.3 Å². The smallest absolute Gasteiger partial charge is 0.403 e. The van der Waals surface area contributed by atoms with Gasteiger partial charge in [-0.3, -0.25) is 4.79 Å². The van der Waals surface area contributed by atoms with Crippen LogP contribution in [0.1, 0.15) is 19.3 Å². The molecule has 20 heavy (non-hydrogen) atoms. The highest BCUT2D eigenvalue weighted by molar-refractivity contribution is 6.61. The predicted octanol–water partition coefficient (Wildman–Crippen LogP) is 2.09. The first-order chi connectivity index (χ1) is 9.18. The second-order valence-electron chi connectivity index (χ2n) is 3.99. The fourth-order valence-corrected chi connectivity index (χ4v) is 1.85. The molecule has 0 atom stereocenters. The Balaban J connectivity index is 0.00000200. The summed E-state index contributed by atoms with van der Waals surface area (Å²) in [7, 11) is 0. The molecule has 0 saturated heterocycles. The monoisotopic (exact) mass is 320 g/mol. The molecule has 0 aromatic carbocycles. The van der Waals surface area contributed by atoms with Crippen LogP contribution in [0.5, 0.6) is 0 Å². The maximum absolute atomic E-state index is 11.4. The van der Waals surface area contributed by atoms with Gasteiger partial charge < -0.3 is 14.3 Å². The normalized spacial score (nSPS) is 10.2. The highest BCUT2D eigenvalue weighted by Gasteiger charge is 2.06. The van der Waals surface area contributed by atoms with Crippen LogP contribution >= 0.6 is 24.0 Å². The molecule has 0 bridgehead atoms. The van der Waals surface area contributed by atoms with Crippen molar-refractivity contribution < 1.29 is 9.53 Å². The summed E-state index contributed by atoms with van der Waals surface area (Å²) < 4.78 is 6.45. The highest BCUT2D eigenvalue weighted by Crippen LogP contribution is 2.07.